The number of nitrogens with zero attached hydrogens (tertiary/aromatic N) is 1. The Bertz CT molecular complexity index is 528. The number of nitrogens with one attached hydrogen (secondary N) is 1. The number of rotatable bonds is 5. The number of ether oxygens (including phenoxy) is 1. The molecule has 5 heteroatoms. The molecular weight excluding hydrogens is 268 g/mol. The molecule has 0 radical (unpaired) electrons. The van der Waals surface area contributed by atoms with Crippen LogP contribution in [0.2, 0.25) is 0 Å². The fraction of sp³-hybridized carbons (Fsp3) is 0.500. The molecule has 1 saturated carbocycles. The predicted octanol–water partition coefficient (Wildman–Crippen LogP) is 2.42. The van der Waals surface area contributed by atoms with Crippen molar-refractivity contribution in [2.24, 2.45) is 0 Å². The first-order chi connectivity index (χ1) is 9.93. The van der Waals surface area contributed by atoms with Gasteiger partial charge in [0.25, 0.3) is 0 Å². The number of hydrogen-bond donors (Lipinski definition) is 1. The lowest BCUT2D eigenvalue weighted by Crippen LogP contribution is -2.25. The second-order valence-electron chi connectivity index (χ2n) is 5.60. The van der Waals surface area contributed by atoms with E-state index in [2.05, 4.69) is 21.5 Å². The van der Waals surface area contributed by atoms with E-state index >= 15 is 0 Å². The van der Waals surface area contributed by atoms with E-state index < -0.39 is 0 Å². The van der Waals surface area contributed by atoms with Gasteiger partial charge in [-0.2, -0.15) is 0 Å². The summed E-state index contributed by atoms with van der Waals surface area (Å²) in [5, 5.41) is 0. The van der Waals surface area contributed by atoms with Crippen molar-refractivity contribution in [3.63, 3.8) is 0 Å². The highest BCUT2D eigenvalue weighted by Crippen LogP contribution is 2.40. The third kappa shape index (κ3) is 4.04. The Morgan fingerprint density at radius 1 is 1.38 bits per heavy atom. The van der Waals surface area contributed by atoms with E-state index in [1.165, 1.54) is 0 Å². The molecule has 5 nitrogen and oxygen atoms in total. The largest absolute Gasteiger partial charge is 0.388 e. The summed E-state index contributed by atoms with van der Waals surface area (Å²) >= 11 is 0. The molecule has 1 fully saturated rings. The zero-order valence-electron chi connectivity index (χ0n) is 13.4. The van der Waals surface area contributed by atoms with Gasteiger partial charge in [-0.3, -0.25) is 9.59 Å². The third-order valence-electron chi connectivity index (χ3n) is 3.82. The average molecular weight is 292 g/mol. The van der Waals surface area contributed by atoms with Crippen molar-refractivity contribution in [3.8, 4) is 0 Å². The number of carbonyl (C=O) groups is 2. The van der Waals surface area contributed by atoms with Crippen molar-refractivity contribution in [1.82, 2.24) is 9.88 Å². The van der Waals surface area contributed by atoms with Gasteiger partial charge in [-0.25, -0.2) is 0 Å². The summed E-state index contributed by atoms with van der Waals surface area (Å²) in [6, 6.07) is 0. The second kappa shape index (κ2) is 7.22. The minimum absolute atomic E-state index is 0.164. The topological polar surface area (TPSA) is 62.4 Å². The first-order valence-corrected chi connectivity index (χ1v) is 6.87. The lowest BCUT2D eigenvalue weighted by Gasteiger charge is -2.23. The van der Waals surface area contributed by atoms with Crippen molar-refractivity contribution in [2.75, 3.05) is 21.3 Å². The van der Waals surface area contributed by atoms with Crippen LogP contribution in [-0.4, -0.2) is 49.3 Å². The van der Waals surface area contributed by atoms with Crippen molar-refractivity contribution in [1.29, 1.82) is 0 Å². The maximum absolute atomic E-state index is 11.2. The average Bonchev–Trinajstić information content (AvgIpc) is 3.10. The maximum Gasteiger partial charge on any atom is 0.153 e. The molecule has 0 saturated heterocycles. The molecule has 116 valence electrons. The van der Waals surface area contributed by atoms with E-state index in [0.29, 0.717) is 16.8 Å². The molecule has 0 aromatic carbocycles. The molecule has 1 aromatic rings. The Kier molecular flexibility index (Phi) is 5.90. The molecule has 1 aliphatic carbocycles. The Morgan fingerprint density at radius 3 is 2.38 bits per heavy atom. The van der Waals surface area contributed by atoms with Gasteiger partial charge in [0.15, 0.2) is 12.6 Å². The standard InChI is InChI=1S/C14H18N2O2.C2H6O/c1-10-6-15-13(12(10)9-18)11(8-17)7-16(3)14(2)4-5-14;1-3-2/h6-9,15H,4-5H2,1-3H3;1-2H3/b11-7-;. The summed E-state index contributed by atoms with van der Waals surface area (Å²) in [7, 11) is 5.22. The first-order valence-electron chi connectivity index (χ1n) is 6.87. The normalized spacial score (nSPS) is 15.8. The van der Waals surface area contributed by atoms with Crippen LogP contribution in [0.15, 0.2) is 12.4 Å². The summed E-state index contributed by atoms with van der Waals surface area (Å²) in [5.74, 6) is 0. The molecule has 0 amide bonds. The Balaban J connectivity index is 0.000000677. The number of carbonyl (C=O) groups excluding carboxylic acids is 2. The summed E-state index contributed by atoms with van der Waals surface area (Å²) in [6.45, 7) is 4.00. The van der Waals surface area contributed by atoms with Crippen molar-refractivity contribution >= 4 is 18.1 Å². The molecule has 0 unspecified atom stereocenters. The smallest absolute Gasteiger partial charge is 0.153 e. The van der Waals surface area contributed by atoms with E-state index in [-0.39, 0.29) is 5.54 Å². The highest BCUT2D eigenvalue weighted by molar-refractivity contribution is 6.09. The highest BCUT2D eigenvalue weighted by atomic mass is 16.4. The molecular formula is C16H24N2O3. The van der Waals surface area contributed by atoms with Gasteiger partial charge in [0.1, 0.15) is 0 Å². The molecule has 1 heterocycles. The second-order valence-corrected chi connectivity index (χ2v) is 5.60. The van der Waals surface area contributed by atoms with Gasteiger partial charge in [0.2, 0.25) is 0 Å². The molecule has 1 aromatic heterocycles. The minimum Gasteiger partial charge on any atom is -0.388 e. The molecule has 21 heavy (non-hydrogen) atoms. The molecule has 2 rings (SSSR count). The highest BCUT2D eigenvalue weighted by Gasteiger charge is 2.40. The van der Waals surface area contributed by atoms with E-state index in [4.69, 9.17) is 0 Å². The van der Waals surface area contributed by atoms with Gasteiger partial charge in [-0.15, -0.1) is 0 Å². The number of aryl methyl sites for hydroxylation is 1. The van der Waals surface area contributed by atoms with Crippen LogP contribution in [0.4, 0.5) is 0 Å². The maximum atomic E-state index is 11.2. The van der Waals surface area contributed by atoms with E-state index in [1.807, 2.05) is 20.2 Å². The number of H-pyrrole nitrogens is 1. The first kappa shape index (κ1) is 17.2. The van der Waals surface area contributed by atoms with Crippen LogP contribution >= 0.6 is 0 Å². The number of methoxy groups -OCH3 is 1. The predicted molar refractivity (Wildman–Crippen MR) is 83.3 cm³/mol. The van der Waals surface area contributed by atoms with Crippen molar-refractivity contribution in [3.05, 3.63) is 29.2 Å². The Labute approximate surface area is 126 Å². The Hall–Kier alpha value is -1.88. The zero-order chi connectivity index (χ0) is 16.0. The summed E-state index contributed by atoms with van der Waals surface area (Å²) in [6.07, 6.45) is 7.41. The lowest BCUT2D eigenvalue weighted by atomic mass is 10.1. The van der Waals surface area contributed by atoms with Gasteiger partial charge in [-0.05, 0) is 32.3 Å². The van der Waals surface area contributed by atoms with Crippen LogP contribution in [-0.2, 0) is 9.53 Å². The molecule has 0 atom stereocenters. The van der Waals surface area contributed by atoms with Gasteiger partial charge >= 0.3 is 0 Å². The number of aldehydes is 2. The van der Waals surface area contributed by atoms with E-state index in [0.717, 1.165) is 31.0 Å². The molecule has 1 N–H and O–H groups in total. The van der Waals surface area contributed by atoms with E-state index in [1.54, 1.807) is 20.4 Å². The monoisotopic (exact) mass is 292 g/mol. The van der Waals surface area contributed by atoms with Gasteiger partial charge < -0.3 is 14.6 Å². The van der Waals surface area contributed by atoms with Gasteiger partial charge in [0, 0.05) is 44.8 Å². The number of hydrogen-bond acceptors (Lipinski definition) is 4. The Morgan fingerprint density at radius 2 is 1.95 bits per heavy atom. The summed E-state index contributed by atoms with van der Waals surface area (Å²) in [5.41, 5.74) is 2.70. The fourth-order valence-corrected chi connectivity index (χ4v) is 1.98. The molecule has 0 aliphatic heterocycles. The van der Waals surface area contributed by atoms with Crippen LogP contribution in [0, 0.1) is 6.92 Å². The minimum atomic E-state index is 0.164. The molecule has 0 bridgehead atoms. The molecule has 1 aliphatic rings. The van der Waals surface area contributed by atoms with Crippen LogP contribution in [0.25, 0.3) is 5.57 Å². The van der Waals surface area contributed by atoms with Gasteiger partial charge in [-0.1, -0.05) is 0 Å². The van der Waals surface area contributed by atoms with Gasteiger partial charge in [0.05, 0.1) is 11.3 Å². The molecule has 0 spiro atoms. The summed E-state index contributed by atoms with van der Waals surface area (Å²) < 4.78 is 4.25. The lowest BCUT2D eigenvalue weighted by molar-refractivity contribution is -0.103. The van der Waals surface area contributed by atoms with Crippen molar-refractivity contribution < 1.29 is 14.3 Å². The fourth-order valence-electron chi connectivity index (χ4n) is 1.98. The quantitative estimate of drug-likeness (QED) is 0.669. The number of aromatic nitrogens is 1. The van der Waals surface area contributed by atoms with Crippen LogP contribution in [0.3, 0.4) is 0 Å². The third-order valence-corrected chi connectivity index (χ3v) is 3.82. The van der Waals surface area contributed by atoms with Crippen LogP contribution < -0.4 is 0 Å². The number of aromatic amines is 1. The number of allylic oxidation sites excluding steroid dienone is 1. The van der Waals surface area contributed by atoms with Crippen LogP contribution in [0.1, 0.15) is 41.4 Å². The summed E-state index contributed by atoms with van der Waals surface area (Å²) in [4.78, 5) is 27.3. The van der Waals surface area contributed by atoms with E-state index in [9.17, 15) is 9.59 Å². The zero-order valence-corrected chi connectivity index (χ0v) is 13.4. The van der Waals surface area contributed by atoms with Crippen LogP contribution in [0.5, 0.6) is 0 Å². The SMILES string of the molecule is COC.Cc1c[nH]c(/C(C=O)=C\N(C)C2(C)CC2)c1C=O. The van der Waals surface area contributed by atoms with Crippen molar-refractivity contribution in [2.45, 2.75) is 32.2 Å².